The molecule has 3 rings (SSSR count). The fourth-order valence-corrected chi connectivity index (χ4v) is 3.61. The van der Waals surface area contributed by atoms with Crippen LogP contribution in [0.4, 0.5) is 0 Å². The average Bonchev–Trinajstić information content (AvgIpc) is 2.71. The van der Waals surface area contributed by atoms with Gasteiger partial charge in [-0.2, -0.15) is 0 Å². The van der Waals surface area contributed by atoms with Gasteiger partial charge in [0, 0.05) is 19.0 Å². The second kappa shape index (κ2) is 8.73. The van der Waals surface area contributed by atoms with Crippen LogP contribution in [0.15, 0.2) is 53.8 Å². The number of para-hydroxylation sites is 1. The summed E-state index contributed by atoms with van der Waals surface area (Å²) in [6, 6.07) is 13.4. The number of amides is 1. The van der Waals surface area contributed by atoms with Crippen LogP contribution in [0.3, 0.4) is 0 Å². The van der Waals surface area contributed by atoms with E-state index in [9.17, 15) is 4.79 Å². The van der Waals surface area contributed by atoms with Gasteiger partial charge in [0.05, 0.1) is 25.5 Å². The quantitative estimate of drug-likeness (QED) is 0.460. The number of benzene rings is 2. The predicted molar refractivity (Wildman–Crippen MR) is 106 cm³/mol. The zero-order chi connectivity index (χ0) is 19.2. The lowest BCUT2D eigenvalue weighted by Gasteiger charge is -2.18. The second-order valence-corrected chi connectivity index (χ2v) is 6.89. The van der Waals surface area contributed by atoms with Gasteiger partial charge in [-0.15, -0.1) is 0 Å². The number of carbonyl (C=O) groups excluding carboxylic acids is 1. The molecule has 1 heterocycles. The van der Waals surface area contributed by atoms with E-state index in [1.807, 2.05) is 42.5 Å². The van der Waals surface area contributed by atoms with Gasteiger partial charge in [-0.3, -0.25) is 4.79 Å². The molecule has 2 aromatic carbocycles. The third-order valence-electron chi connectivity index (χ3n) is 4.13. The second-order valence-electron chi connectivity index (χ2n) is 5.92. The summed E-state index contributed by atoms with van der Waals surface area (Å²) in [6.07, 6.45) is 1.53. The summed E-state index contributed by atoms with van der Waals surface area (Å²) in [7, 11) is 4.98. The topological polar surface area (TPSA) is 64.5 Å². The van der Waals surface area contributed by atoms with Crippen molar-refractivity contribution >= 4 is 28.6 Å². The van der Waals surface area contributed by atoms with Crippen LogP contribution in [0.2, 0.25) is 0 Å². The van der Waals surface area contributed by atoms with Crippen molar-refractivity contribution in [2.75, 3.05) is 27.0 Å². The molecule has 0 unspecified atom stereocenters. The number of ether oxygens (including phenoxy) is 2. The van der Waals surface area contributed by atoms with Gasteiger partial charge in [-0.25, -0.2) is 9.97 Å². The molecule has 1 amide bonds. The molecule has 0 aliphatic carbocycles. The molecular formula is C20H21N3O3S. The number of hydrogen-bond acceptors (Lipinski definition) is 6. The number of fused-ring (bicyclic) bond motifs is 1. The number of thioether (sulfide) groups is 1. The molecule has 0 aliphatic rings. The largest absolute Gasteiger partial charge is 0.493 e. The predicted octanol–water partition coefficient (Wildman–Crippen LogP) is 3.40. The zero-order valence-corrected chi connectivity index (χ0v) is 16.3. The third-order valence-corrected chi connectivity index (χ3v) is 5.12. The maximum atomic E-state index is 12.5. The first-order chi connectivity index (χ1) is 13.1. The minimum Gasteiger partial charge on any atom is -0.493 e. The Bertz CT molecular complexity index is 943. The molecule has 0 saturated carbocycles. The summed E-state index contributed by atoms with van der Waals surface area (Å²) in [4.78, 5) is 22.8. The van der Waals surface area contributed by atoms with Gasteiger partial charge in [0.25, 0.3) is 0 Å². The molecule has 0 radical (unpaired) electrons. The molecule has 0 spiro atoms. The van der Waals surface area contributed by atoms with E-state index in [0.717, 1.165) is 21.5 Å². The van der Waals surface area contributed by atoms with Gasteiger partial charge in [0.15, 0.2) is 11.5 Å². The Kier molecular flexibility index (Phi) is 6.13. The summed E-state index contributed by atoms with van der Waals surface area (Å²) in [6.45, 7) is 0.490. The Morgan fingerprint density at radius 2 is 1.85 bits per heavy atom. The van der Waals surface area contributed by atoms with E-state index < -0.39 is 0 Å². The third kappa shape index (κ3) is 4.49. The van der Waals surface area contributed by atoms with Crippen molar-refractivity contribution in [2.45, 2.75) is 11.6 Å². The van der Waals surface area contributed by atoms with Crippen molar-refractivity contribution < 1.29 is 14.3 Å². The molecule has 0 atom stereocenters. The smallest absolute Gasteiger partial charge is 0.233 e. The Labute approximate surface area is 162 Å². The highest BCUT2D eigenvalue weighted by molar-refractivity contribution is 8.00. The van der Waals surface area contributed by atoms with Crippen LogP contribution >= 0.6 is 11.8 Å². The van der Waals surface area contributed by atoms with Crippen LogP contribution in [0.1, 0.15) is 5.56 Å². The minimum atomic E-state index is 0.0254. The SMILES string of the molecule is COc1ccc(CN(C)C(=O)CSc2ncnc3ccccc23)cc1OC. The van der Waals surface area contributed by atoms with Gasteiger partial charge in [-0.05, 0) is 23.8 Å². The van der Waals surface area contributed by atoms with Crippen molar-refractivity contribution in [3.05, 3.63) is 54.4 Å². The number of aromatic nitrogens is 2. The van der Waals surface area contributed by atoms with E-state index in [1.54, 1.807) is 26.2 Å². The van der Waals surface area contributed by atoms with E-state index in [2.05, 4.69) is 9.97 Å². The van der Waals surface area contributed by atoms with Gasteiger partial charge >= 0.3 is 0 Å². The highest BCUT2D eigenvalue weighted by Crippen LogP contribution is 2.28. The summed E-state index contributed by atoms with van der Waals surface area (Å²) < 4.78 is 10.6. The normalized spacial score (nSPS) is 10.6. The van der Waals surface area contributed by atoms with E-state index in [1.165, 1.54) is 18.1 Å². The molecule has 140 valence electrons. The molecule has 27 heavy (non-hydrogen) atoms. The highest BCUT2D eigenvalue weighted by atomic mass is 32.2. The van der Waals surface area contributed by atoms with E-state index in [-0.39, 0.29) is 5.91 Å². The van der Waals surface area contributed by atoms with E-state index in [0.29, 0.717) is 23.8 Å². The molecule has 0 saturated heterocycles. The Hall–Kier alpha value is -2.80. The highest BCUT2D eigenvalue weighted by Gasteiger charge is 2.13. The van der Waals surface area contributed by atoms with Gasteiger partial charge in [0.2, 0.25) is 5.91 Å². The van der Waals surface area contributed by atoms with Crippen molar-refractivity contribution in [3.63, 3.8) is 0 Å². The first kappa shape index (κ1) is 19.0. The van der Waals surface area contributed by atoms with Crippen LogP contribution in [-0.4, -0.2) is 47.8 Å². The van der Waals surface area contributed by atoms with E-state index in [4.69, 9.17) is 9.47 Å². The van der Waals surface area contributed by atoms with Crippen LogP contribution in [0, 0.1) is 0 Å². The number of rotatable bonds is 7. The van der Waals surface area contributed by atoms with Crippen molar-refractivity contribution in [3.8, 4) is 11.5 Å². The fraction of sp³-hybridized carbons (Fsp3) is 0.250. The fourth-order valence-electron chi connectivity index (χ4n) is 2.68. The Morgan fingerprint density at radius 3 is 2.63 bits per heavy atom. The molecule has 7 heteroatoms. The van der Waals surface area contributed by atoms with Crippen molar-refractivity contribution in [2.24, 2.45) is 0 Å². The van der Waals surface area contributed by atoms with Crippen LogP contribution < -0.4 is 9.47 Å². The maximum absolute atomic E-state index is 12.5. The molecule has 3 aromatic rings. The zero-order valence-electron chi connectivity index (χ0n) is 15.5. The summed E-state index contributed by atoms with van der Waals surface area (Å²) in [5, 5.41) is 1.77. The molecule has 6 nitrogen and oxygen atoms in total. The van der Waals surface area contributed by atoms with Gasteiger partial charge < -0.3 is 14.4 Å². The van der Waals surface area contributed by atoms with E-state index >= 15 is 0 Å². The molecule has 0 N–H and O–H groups in total. The lowest BCUT2D eigenvalue weighted by molar-refractivity contribution is -0.127. The van der Waals surface area contributed by atoms with Crippen LogP contribution in [0.5, 0.6) is 11.5 Å². The molecule has 0 bridgehead atoms. The molecule has 0 fully saturated rings. The maximum Gasteiger partial charge on any atom is 0.233 e. The Morgan fingerprint density at radius 1 is 1.07 bits per heavy atom. The average molecular weight is 383 g/mol. The van der Waals surface area contributed by atoms with Gasteiger partial charge in [-0.1, -0.05) is 36.0 Å². The van der Waals surface area contributed by atoms with Crippen LogP contribution in [-0.2, 0) is 11.3 Å². The van der Waals surface area contributed by atoms with Crippen molar-refractivity contribution in [1.29, 1.82) is 0 Å². The molecule has 0 aliphatic heterocycles. The number of hydrogen-bond donors (Lipinski definition) is 0. The van der Waals surface area contributed by atoms with Crippen LogP contribution in [0.25, 0.3) is 10.9 Å². The number of carbonyl (C=O) groups is 1. The molecular weight excluding hydrogens is 362 g/mol. The molecule has 1 aromatic heterocycles. The number of nitrogens with zero attached hydrogens (tertiary/aromatic N) is 3. The standard InChI is InChI=1S/C20H21N3O3S/c1-23(11-14-8-9-17(25-2)18(10-14)26-3)19(24)12-27-20-15-6-4-5-7-16(15)21-13-22-20/h4-10,13H,11-12H2,1-3H3. The van der Waals surface area contributed by atoms with Gasteiger partial charge in [0.1, 0.15) is 11.4 Å². The summed E-state index contributed by atoms with van der Waals surface area (Å²) in [5.74, 6) is 1.65. The lowest BCUT2D eigenvalue weighted by Crippen LogP contribution is -2.27. The summed E-state index contributed by atoms with van der Waals surface area (Å²) >= 11 is 1.42. The minimum absolute atomic E-state index is 0.0254. The first-order valence-electron chi connectivity index (χ1n) is 8.39. The lowest BCUT2D eigenvalue weighted by atomic mass is 10.2. The first-order valence-corrected chi connectivity index (χ1v) is 9.38. The monoisotopic (exact) mass is 383 g/mol. The Balaban J connectivity index is 1.64. The summed E-state index contributed by atoms with van der Waals surface area (Å²) in [5.41, 5.74) is 1.85. The number of methoxy groups -OCH3 is 2. The van der Waals surface area contributed by atoms with Crippen molar-refractivity contribution in [1.82, 2.24) is 14.9 Å².